The van der Waals surface area contributed by atoms with Crippen molar-refractivity contribution in [3.05, 3.63) is 47.5 Å². The first-order chi connectivity index (χ1) is 10.4. The summed E-state index contributed by atoms with van der Waals surface area (Å²) < 4.78 is 41.1. The maximum absolute atomic E-state index is 13.7. The number of hydrazine groups is 1. The van der Waals surface area contributed by atoms with Gasteiger partial charge in [0.2, 0.25) is 5.91 Å². The normalized spacial score (nSPS) is 17.7. The molecule has 1 unspecified atom stereocenters. The first-order valence-electron chi connectivity index (χ1n) is 6.99. The van der Waals surface area contributed by atoms with E-state index in [0.717, 1.165) is 10.4 Å². The van der Waals surface area contributed by atoms with Gasteiger partial charge in [0.1, 0.15) is 0 Å². The highest BCUT2D eigenvalue weighted by molar-refractivity contribution is 5.87. The highest BCUT2D eigenvalue weighted by Gasteiger charge is 2.48. The molecule has 2 aromatic rings. The first kappa shape index (κ1) is 14.8. The monoisotopic (exact) mass is 308 g/mol. The highest BCUT2D eigenvalue weighted by Crippen LogP contribution is 2.42. The summed E-state index contributed by atoms with van der Waals surface area (Å²) in [5.74, 6) is -0.382. The summed E-state index contributed by atoms with van der Waals surface area (Å²) in [6.07, 6.45) is -4.40. The number of nitrogens with one attached hydrogen (secondary N) is 1. The van der Waals surface area contributed by atoms with Crippen LogP contribution in [0.25, 0.3) is 10.8 Å². The minimum absolute atomic E-state index is 0.0473. The molecule has 2 aromatic carbocycles. The van der Waals surface area contributed by atoms with Crippen LogP contribution in [0.5, 0.6) is 0 Å². The average molecular weight is 308 g/mol. The van der Waals surface area contributed by atoms with E-state index in [0.29, 0.717) is 10.9 Å². The lowest BCUT2D eigenvalue weighted by Crippen LogP contribution is -2.44. The summed E-state index contributed by atoms with van der Waals surface area (Å²) in [5.41, 5.74) is 3.08. The molecule has 3 nitrogen and oxygen atoms in total. The number of alkyl halides is 3. The number of carbonyl (C=O) groups is 1. The SMILES string of the molecule is Cc1ccc2ccccc2c1C(N1CCC(=O)N1)C(F)(F)F. The van der Waals surface area contributed by atoms with Gasteiger partial charge in [0.05, 0.1) is 0 Å². The van der Waals surface area contributed by atoms with Gasteiger partial charge < -0.3 is 0 Å². The molecule has 0 aliphatic carbocycles. The Bertz CT molecular complexity index is 727. The molecular weight excluding hydrogens is 293 g/mol. The summed E-state index contributed by atoms with van der Waals surface area (Å²) >= 11 is 0. The van der Waals surface area contributed by atoms with Gasteiger partial charge in [-0.3, -0.25) is 10.2 Å². The zero-order valence-electron chi connectivity index (χ0n) is 11.9. The van der Waals surface area contributed by atoms with Crippen LogP contribution in [-0.2, 0) is 4.79 Å². The molecule has 0 saturated carbocycles. The van der Waals surface area contributed by atoms with Crippen LogP contribution < -0.4 is 5.43 Å². The topological polar surface area (TPSA) is 32.3 Å². The number of nitrogens with zero attached hydrogens (tertiary/aromatic N) is 1. The number of hydrogen-bond donors (Lipinski definition) is 1. The molecule has 6 heteroatoms. The van der Waals surface area contributed by atoms with E-state index in [-0.39, 0.29) is 24.4 Å². The lowest BCUT2D eigenvalue weighted by molar-refractivity contribution is -0.190. The Balaban J connectivity index is 2.20. The molecule has 1 N–H and O–H groups in total. The maximum Gasteiger partial charge on any atom is 0.409 e. The van der Waals surface area contributed by atoms with Crippen molar-refractivity contribution in [3.63, 3.8) is 0 Å². The van der Waals surface area contributed by atoms with Gasteiger partial charge in [-0.25, -0.2) is 5.01 Å². The van der Waals surface area contributed by atoms with Gasteiger partial charge in [-0.05, 0) is 28.8 Å². The Labute approximate surface area is 125 Å². The smallest absolute Gasteiger partial charge is 0.288 e. The van der Waals surface area contributed by atoms with Gasteiger partial charge in [0.15, 0.2) is 6.04 Å². The fourth-order valence-corrected chi connectivity index (χ4v) is 2.95. The van der Waals surface area contributed by atoms with Gasteiger partial charge in [-0.1, -0.05) is 36.4 Å². The van der Waals surface area contributed by atoms with Crippen LogP contribution in [0, 0.1) is 6.92 Å². The Morgan fingerprint density at radius 1 is 1.18 bits per heavy atom. The summed E-state index contributed by atoms with van der Waals surface area (Å²) in [4.78, 5) is 11.3. The second-order valence-corrected chi connectivity index (χ2v) is 5.44. The number of aryl methyl sites for hydroxylation is 1. The van der Waals surface area contributed by atoms with E-state index < -0.39 is 12.2 Å². The van der Waals surface area contributed by atoms with Crippen molar-refractivity contribution in [2.75, 3.05) is 6.54 Å². The van der Waals surface area contributed by atoms with E-state index in [1.807, 2.05) is 6.07 Å². The zero-order chi connectivity index (χ0) is 15.9. The van der Waals surface area contributed by atoms with Gasteiger partial charge in [-0.15, -0.1) is 0 Å². The van der Waals surface area contributed by atoms with Crippen molar-refractivity contribution in [3.8, 4) is 0 Å². The predicted molar refractivity (Wildman–Crippen MR) is 76.9 cm³/mol. The molecule has 0 radical (unpaired) electrons. The summed E-state index contributed by atoms with van der Waals surface area (Å²) in [5, 5.41) is 2.31. The molecular formula is C16H15F3N2O. The van der Waals surface area contributed by atoms with E-state index >= 15 is 0 Å². The lowest BCUT2D eigenvalue weighted by Gasteiger charge is -2.31. The Hall–Kier alpha value is -2.08. The van der Waals surface area contributed by atoms with Crippen molar-refractivity contribution in [1.29, 1.82) is 0 Å². The second-order valence-electron chi connectivity index (χ2n) is 5.44. The molecule has 1 aliphatic heterocycles. The average Bonchev–Trinajstić information content (AvgIpc) is 2.86. The van der Waals surface area contributed by atoms with Crippen LogP contribution in [0.2, 0.25) is 0 Å². The maximum atomic E-state index is 13.7. The van der Waals surface area contributed by atoms with Crippen molar-refractivity contribution >= 4 is 16.7 Å². The third kappa shape index (κ3) is 2.54. The van der Waals surface area contributed by atoms with E-state index in [9.17, 15) is 18.0 Å². The fourth-order valence-electron chi connectivity index (χ4n) is 2.95. The number of benzene rings is 2. The Morgan fingerprint density at radius 2 is 1.91 bits per heavy atom. The predicted octanol–water partition coefficient (Wildman–Crippen LogP) is 3.49. The van der Waals surface area contributed by atoms with Crippen molar-refractivity contribution in [2.45, 2.75) is 25.6 Å². The van der Waals surface area contributed by atoms with Gasteiger partial charge in [-0.2, -0.15) is 13.2 Å². The zero-order valence-corrected chi connectivity index (χ0v) is 11.9. The third-order valence-electron chi connectivity index (χ3n) is 3.93. The van der Waals surface area contributed by atoms with Crippen molar-refractivity contribution in [1.82, 2.24) is 10.4 Å². The second kappa shape index (κ2) is 5.28. The fraction of sp³-hybridized carbons (Fsp3) is 0.312. The molecule has 1 aliphatic rings. The lowest BCUT2D eigenvalue weighted by atomic mass is 9.93. The highest BCUT2D eigenvalue weighted by atomic mass is 19.4. The number of hydrogen-bond acceptors (Lipinski definition) is 2. The van der Waals surface area contributed by atoms with Gasteiger partial charge in [0, 0.05) is 13.0 Å². The summed E-state index contributed by atoms with van der Waals surface area (Å²) in [6, 6.07) is 8.65. The largest absolute Gasteiger partial charge is 0.409 e. The minimum Gasteiger partial charge on any atom is -0.288 e. The Morgan fingerprint density at radius 3 is 2.55 bits per heavy atom. The molecule has 3 rings (SSSR count). The van der Waals surface area contributed by atoms with Crippen LogP contribution in [-0.4, -0.2) is 23.6 Å². The molecule has 1 heterocycles. The van der Waals surface area contributed by atoms with Crippen LogP contribution in [0.4, 0.5) is 13.2 Å². The first-order valence-corrected chi connectivity index (χ1v) is 6.99. The standard InChI is InChI=1S/C16H15F3N2O/c1-10-6-7-11-4-2-3-5-12(11)14(10)15(16(17,18)19)21-9-8-13(22)20-21/h2-7,15H,8-9H2,1H3,(H,20,22). The molecule has 22 heavy (non-hydrogen) atoms. The van der Waals surface area contributed by atoms with Crippen LogP contribution >= 0.6 is 0 Å². The number of rotatable bonds is 2. The molecule has 1 amide bonds. The Kier molecular flexibility index (Phi) is 3.56. The van der Waals surface area contributed by atoms with Crippen LogP contribution in [0.3, 0.4) is 0 Å². The number of amides is 1. The molecule has 0 spiro atoms. The molecule has 1 atom stereocenters. The van der Waals surface area contributed by atoms with E-state index in [2.05, 4.69) is 5.43 Å². The number of fused-ring (bicyclic) bond motifs is 1. The molecule has 116 valence electrons. The van der Waals surface area contributed by atoms with Gasteiger partial charge in [0.25, 0.3) is 0 Å². The third-order valence-corrected chi connectivity index (χ3v) is 3.93. The summed E-state index contributed by atoms with van der Waals surface area (Å²) in [7, 11) is 0. The van der Waals surface area contributed by atoms with Crippen molar-refractivity contribution < 1.29 is 18.0 Å². The molecule has 1 saturated heterocycles. The van der Waals surface area contributed by atoms with Gasteiger partial charge >= 0.3 is 6.18 Å². The molecule has 1 fully saturated rings. The van der Waals surface area contributed by atoms with Crippen LogP contribution in [0.1, 0.15) is 23.6 Å². The summed E-state index contributed by atoms with van der Waals surface area (Å²) in [6.45, 7) is 1.71. The number of halogens is 3. The number of carbonyl (C=O) groups excluding carboxylic acids is 1. The van der Waals surface area contributed by atoms with E-state index in [4.69, 9.17) is 0 Å². The van der Waals surface area contributed by atoms with Crippen LogP contribution in [0.15, 0.2) is 36.4 Å². The van der Waals surface area contributed by atoms with Crippen molar-refractivity contribution in [2.24, 2.45) is 0 Å². The molecule has 0 aromatic heterocycles. The van der Waals surface area contributed by atoms with E-state index in [1.54, 1.807) is 37.3 Å². The molecule has 0 bridgehead atoms. The van der Waals surface area contributed by atoms with E-state index in [1.165, 1.54) is 0 Å². The minimum atomic E-state index is -4.48. The quantitative estimate of drug-likeness (QED) is 0.921.